The normalized spacial score (nSPS) is 20.4. The van der Waals surface area contributed by atoms with Crippen molar-refractivity contribution in [3.8, 4) is 0 Å². The van der Waals surface area contributed by atoms with Gasteiger partial charge in [0.25, 0.3) is 0 Å². The first-order valence-electron chi connectivity index (χ1n) is 5.72. The average molecular weight is 215 g/mol. The highest BCUT2D eigenvalue weighted by atomic mass is 16.1. The van der Waals surface area contributed by atoms with Gasteiger partial charge in [0, 0.05) is 6.54 Å². The lowest BCUT2D eigenvalue weighted by Crippen LogP contribution is -2.38. The van der Waals surface area contributed by atoms with Gasteiger partial charge >= 0.3 is 0 Å². The summed E-state index contributed by atoms with van der Waals surface area (Å²) in [5.41, 5.74) is 2.67. The SMILES string of the molecule is CC1=CC(Cc2ccccc2)N(C=O)CC1. The van der Waals surface area contributed by atoms with E-state index in [1.165, 1.54) is 11.1 Å². The molecule has 1 aromatic carbocycles. The van der Waals surface area contributed by atoms with Gasteiger partial charge in [-0.05, 0) is 25.3 Å². The summed E-state index contributed by atoms with van der Waals surface area (Å²) in [6.45, 7) is 2.99. The first kappa shape index (κ1) is 10.9. The van der Waals surface area contributed by atoms with Gasteiger partial charge in [-0.25, -0.2) is 0 Å². The van der Waals surface area contributed by atoms with E-state index < -0.39 is 0 Å². The molecule has 0 saturated heterocycles. The Labute approximate surface area is 96.6 Å². The molecule has 0 aromatic heterocycles. The zero-order valence-corrected chi connectivity index (χ0v) is 9.60. The van der Waals surface area contributed by atoms with Crippen LogP contribution in [-0.4, -0.2) is 23.9 Å². The van der Waals surface area contributed by atoms with Crippen molar-refractivity contribution < 1.29 is 4.79 Å². The quantitative estimate of drug-likeness (QED) is 0.560. The number of hydrogen-bond donors (Lipinski definition) is 0. The van der Waals surface area contributed by atoms with Gasteiger partial charge in [0.15, 0.2) is 0 Å². The van der Waals surface area contributed by atoms with Crippen molar-refractivity contribution in [1.82, 2.24) is 4.90 Å². The van der Waals surface area contributed by atoms with Crippen LogP contribution in [0.3, 0.4) is 0 Å². The maximum Gasteiger partial charge on any atom is 0.210 e. The van der Waals surface area contributed by atoms with Gasteiger partial charge in [0.05, 0.1) is 6.04 Å². The van der Waals surface area contributed by atoms with Gasteiger partial charge in [-0.15, -0.1) is 0 Å². The second-order valence-corrected chi connectivity index (χ2v) is 4.36. The number of carbonyl (C=O) groups excluding carboxylic acids is 1. The van der Waals surface area contributed by atoms with Gasteiger partial charge in [-0.1, -0.05) is 42.0 Å². The number of nitrogens with zero attached hydrogens (tertiary/aromatic N) is 1. The standard InChI is InChI=1S/C14H17NO/c1-12-7-8-15(11-16)14(9-12)10-13-5-3-2-4-6-13/h2-6,9,11,14H,7-8,10H2,1H3. The third kappa shape index (κ3) is 2.51. The third-order valence-electron chi connectivity index (χ3n) is 3.09. The Morgan fingerprint density at radius 3 is 2.81 bits per heavy atom. The Kier molecular flexibility index (Phi) is 3.40. The summed E-state index contributed by atoms with van der Waals surface area (Å²) in [5, 5.41) is 0. The highest BCUT2D eigenvalue weighted by Gasteiger charge is 2.19. The lowest BCUT2D eigenvalue weighted by Gasteiger charge is -2.30. The Balaban J connectivity index is 2.12. The van der Waals surface area contributed by atoms with Crippen molar-refractivity contribution in [3.63, 3.8) is 0 Å². The van der Waals surface area contributed by atoms with E-state index in [4.69, 9.17) is 0 Å². The van der Waals surface area contributed by atoms with Crippen molar-refractivity contribution in [2.45, 2.75) is 25.8 Å². The van der Waals surface area contributed by atoms with Gasteiger partial charge in [-0.2, -0.15) is 0 Å². The zero-order chi connectivity index (χ0) is 11.4. The van der Waals surface area contributed by atoms with E-state index in [2.05, 4.69) is 25.1 Å². The summed E-state index contributed by atoms with van der Waals surface area (Å²) in [5.74, 6) is 0. The number of carbonyl (C=O) groups is 1. The molecule has 0 spiro atoms. The van der Waals surface area contributed by atoms with Gasteiger partial charge in [0.1, 0.15) is 0 Å². The molecule has 2 heteroatoms. The average Bonchev–Trinajstić information content (AvgIpc) is 2.31. The van der Waals surface area contributed by atoms with Gasteiger partial charge in [0.2, 0.25) is 6.41 Å². The molecule has 0 aliphatic carbocycles. The van der Waals surface area contributed by atoms with Crippen LogP contribution in [-0.2, 0) is 11.2 Å². The highest BCUT2D eigenvalue weighted by Crippen LogP contribution is 2.18. The Hall–Kier alpha value is -1.57. The molecular formula is C14H17NO. The number of benzene rings is 1. The summed E-state index contributed by atoms with van der Waals surface area (Å²) >= 11 is 0. The Bertz CT molecular complexity index is 383. The molecule has 0 N–H and O–H groups in total. The van der Waals surface area contributed by atoms with E-state index in [1.807, 2.05) is 23.1 Å². The summed E-state index contributed by atoms with van der Waals surface area (Å²) in [4.78, 5) is 12.9. The fourth-order valence-corrected chi connectivity index (χ4v) is 2.14. The summed E-state index contributed by atoms with van der Waals surface area (Å²) in [7, 11) is 0. The van der Waals surface area contributed by atoms with Crippen LogP contribution >= 0.6 is 0 Å². The fourth-order valence-electron chi connectivity index (χ4n) is 2.14. The zero-order valence-electron chi connectivity index (χ0n) is 9.60. The topological polar surface area (TPSA) is 20.3 Å². The van der Waals surface area contributed by atoms with E-state index >= 15 is 0 Å². The first-order valence-corrected chi connectivity index (χ1v) is 5.72. The minimum Gasteiger partial charge on any atom is -0.338 e. The molecule has 84 valence electrons. The molecule has 16 heavy (non-hydrogen) atoms. The molecular weight excluding hydrogens is 198 g/mol. The summed E-state index contributed by atoms with van der Waals surface area (Å²) < 4.78 is 0. The number of amides is 1. The van der Waals surface area contributed by atoms with E-state index in [0.29, 0.717) is 0 Å². The van der Waals surface area contributed by atoms with Crippen molar-refractivity contribution >= 4 is 6.41 Å². The first-order chi connectivity index (χ1) is 7.79. The minimum atomic E-state index is 0.230. The highest BCUT2D eigenvalue weighted by molar-refractivity contribution is 5.49. The largest absolute Gasteiger partial charge is 0.338 e. The van der Waals surface area contributed by atoms with E-state index in [-0.39, 0.29) is 6.04 Å². The van der Waals surface area contributed by atoms with Crippen molar-refractivity contribution in [3.05, 3.63) is 47.5 Å². The monoisotopic (exact) mass is 215 g/mol. The van der Waals surface area contributed by atoms with Crippen LogP contribution in [0.1, 0.15) is 18.9 Å². The molecule has 1 aliphatic rings. The molecule has 0 radical (unpaired) electrons. The molecule has 1 atom stereocenters. The van der Waals surface area contributed by atoms with Crippen molar-refractivity contribution in [2.75, 3.05) is 6.54 Å². The molecule has 1 aliphatic heterocycles. The van der Waals surface area contributed by atoms with E-state index in [0.717, 1.165) is 25.8 Å². The fraction of sp³-hybridized carbons (Fsp3) is 0.357. The van der Waals surface area contributed by atoms with Crippen molar-refractivity contribution in [1.29, 1.82) is 0 Å². The van der Waals surface area contributed by atoms with Crippen LogP contribution < -0.4 is 0 Å². The Morgan fingerprint density at radius 2 is 2.12 bits per heavy atom. The van der Waals surface area contributed by atoms with Crippen LogP contribution in [0.15, 0.2) is 42.0 Å². The maximum absolute atomic E-state index is 11.0. The maximum atomic E-state index is 11.0. The predicted molar refractivity (Wildman–Crippen MR) is 65.1 cm³/mol. The molecule has 1 unspecified atom stereocenters. The molecule has 2 nitrogen and oxygen atoms in total. The minimum absolute atomic E-state index is 0.230. The molecule has 2 rings (SSSR count). The molecule has 0 saturated carbocycles. The van der Waals surface area contributed by atoms with E-state index in [1.54, 1.807) is 0 Å². The van der Waals surface area contributed by atoms with Gasteiger partial charge in [-0.3, -0.25) is 4.79 Å². The van der Waals surface area contributed by atoms with E-state index in [9.17, 15) is 4.79 Å². The number of hydrogen-bond acceptors (Lipinski definition) is 1. The van der Waals surface area contributed by atoms with Crippen LogP contribution in [0.2, 0.25) is 0 Å². The van der Waals surface area contributed by atoms with Crippen LogP contribution in [0.25, 0.3) is 0 Å². The molecule has 1 amide bonds. The van der Waals surface area contributed by atoms with Gasteiger partial charge < -0.3 is 4.90 Å². The molecule has 1 aromatic rings. The van der Waals surface area contributed by atoms with Crippen molar-refractivity contribution in [2.24, 2.45) is 0 Å². The molecule has 0 bridgehead atoms. The number of rotatable bonds is 3. The van der Waals surface area contributed by atoms with Crippen LogP contribution in [0.5, 0.6) is 0 Å². The smallest absolute Gasteiger partial charge is 0.210 e. The molecule has 1 heterocycles. The lowest BCUT2D eigenvalue weighted by atomic mass is 9.98. The Morgan fingerprint density at radius 1 is 1.38 bits per heavy atom. The van der Waals surface area contributed by atoms with Crippen LogP contribution in [0.4, 0.5) is 0 Å². The third-order valence-corrected chi connectivity index (χ3v) is 3.09. The molecule has 0 fully saturated rings. The summed E-state index contributed by atoms with van der Waals surface area (Å²) in [6, 6.07) is 10.6. The second-order valence-electron chi connectivity index (χ2n) is 4.36. The predicted octanol–water partition coefficient (Wildman–Crippen LogP) is 2.41. The lowest BCUT2D eigenvalue weighted by molar-refractivity contribution is -0.119. The summed E-state index contributed by atoms with van der Waals surface area (Å²) in [6.07, 6.45) is 5.10. The van der Waals surface area contributed by atoms with Crippen LogP contribution in [0, 0.1) is 0 Å². The second kappa shape index (κ2) is 4.97.